The number of aliphatic hydroxyl groups is 1. The predicted octanol–water partition coefficient (Wildman–Crippen LogP) is 2.30. The third kappa shape index (κ3) is 3.18. The van der Waals surface area contributed by atoms with E-state index in [1.54, 1.807) is 18.2 Å². The zero-order valence-corrected chi connectivity index (χ0v) is 12.4. The van der Waals surface area contributed by atoms with Crippen molar-refractivity contribution in [2.45, 2.75) is 6.10 Å². The van der Waals surface area contributed by atoms with Crippen molar-refractivity contribution in [2.75, 3.05) is 12.0 Å². The van der Waals surface area contributed by atoms with Crippen molar-refractivity contribution in [2.24, 2.45) is 0 Å². The lowest BCUT2D eigenvalue weighted by atomic mass is 10.1. The Bertz CT molecular complexity index is 861. The molecule has 2 amide bonds. The number of para-hydroxylation sites is 2. The number of urea groups is 1. The Morgan fingerprint density at radius 3 is 2.62 bits per heavy atom. The van der Waals surface area contributed by atoms with Crippen LogP contribution >= 0.6 is 0 Å². The van der Waals surface area contributed by atoms with Gasteiger partial charge in [-0.05, 0) is 24.3 Å². The lowest BCUT2D eigenvalue weighted by molar-refractivity contribution is 0.165. The highest BCUT2D eigenvalue weighted by atomic mass is 19.1. The lowest BCUT2D eigenvalue weighted by Crippen LogP contribution is -2.36. The molecule has 24 heavy (non-hydrogen) atoms. The molecule has 1 heterocycles. The number of rotatable bonds is 4. The van der Waals surface area contributed by atoms with Gasteiger partial charge in [0.25, 0.3) is 0 Å². The Kier molecular flexibility index (Phi) is 4.39. The maximum Gasteiger partial charge on any atom is 0.334 e. The Hall–Kier alpha value is -3.00. The smallest absolute Gasteiger partial charge is 0.334 e. The number of nitrogens with one attached hydrogen (secondary N) is 2. The maximum atomic E-state index is 13.6. The van der Waals surface area contributed by atoms with Crippen LogP contribution in [0.1, 0.15) is 11.7 Å². The van der Waals surface area contributed by atoms with Crippen molar-refractivity contribution in [3.05, 3.63) is 66.0 Å². The van der Waals surface area contributed by atoms with Crippen LogP contribution in [0, 0.1) is 11.6 Å². The molecule has 3 N–H and O–H groups in total. The molecule has 8 heteroatoms. The monoisotopic (exact) mass is 332 g/mol. The number of halogens is 2. The van der Waals surface area contributed by atoms with Gasteiger partial charge in [-0.2, -0.15) is 0 Å². The van der Waals surface area contributed by atoms with Crippen molar-refractivity contribution in [3.8, 4) is 0 Å². The van der Waals surface area contributed by atoms with Crippen LogP contribution in [0.5, 0.6) is 0 Å². The minimum atomic E-state index is -1.50. The fourth-order valence-corrected chi connectivity index (χ4v) is 2.32. The molecule has 0 aliphatic carbocycles. The van der Waals surface area contributed by atoms with Gasteiger partial charge in [0.1, 0.15) is 24.1 Å². The topological polar surface area (TPSA) is 79.2 Å². The van der Waals surface area contributed by atoms with Gasteiger partial charge < -0.3 is 10.4 Å². The molecule has 0 radical (unpaired) electrons. The van der Waals surface area contributed by atoms with Gasteiger partial charge in [-0.15, -0.1) is 0 Å². The Morgan fingerprint density at radius 1 is 1.17 bits per heavy atom. The van der Waals surface area contributed by atoms with E-state index in [0.717, 1.165) is 12.1 Å². The summed E-state index contributed by atoms with van der Waals surface area (Å²) in [5.74, 6) is -1.74. The molecule has 0 aliphatic heterocycles. The average Bonchev–Trinajstić information content (AvgIpc) is 2.96. The molecule has 0 aliphatic rings. The Labute approximate surface area is 135 Å². The van der Waals surface area contributed by atoms with Crippen molar-refractivity contribution >= 4 is 17.1 Å². The van der Waals surface area contributed by atoms with E-state index in [0.29, 0.717) is 11.0 Å². The quantitative estimate of drug-likeness (QED) is 0.686. The number of carbonyl (C=O) groups is 1. The van der Waals surface area contributed by atoms with E-state index in [1.807, 2.05) is 6.07 Å². The van der Waals surface area contributed by atoms with Gasteiger partial charge in [0, 0.05) is 6.54 Å². The number of fused-ring (bicyclic) bond motifs is 1. The van der Waals surface area contributed by atoms with Gasteiger partial charge in [-0.3, -0.25) is 0 Å². The highest BCUT2D eigenvalue weighted by Crippen LogP contribution is 2.19. The summed E-state index contributed by atoms with van der Waals surface area (Å²) in [5, 5.41) is 12.2. The third-order valence-corrected chi connectivity index (χ3v) is 3.46. The van der Waals surface area contributed by atoms with Crippen LogP contribution < -0.4 is 10.7 Å². The number of imidazole rings is 1. The van der Waals surface area contributed by atoms with E-state index >= 15 is 0 Å². The number of carbonyl (C=O) groups excluding carboxylic acids is 1. The zero-order valence-electron chi connectivity index (χ0n) is 12.4. The summed E-state index contributed by atoms with van der Waals surface area (Å²) in [5.41, 5.74) is 3.41. The molecule has 1 aromatic heterocycles. The van der Waals surface area contributed by atoms with E-state index in [-0.39, 0.29) is 6.54 Å². The summed E-state index contributed by atoms with van der Waals surface area (Å²) in [6, 6.07) is 9.81. The summed E-state index contributed by atoms with van der Waals surface area (Å²) < 4.78 is 28.5. The second-order valence-corrected chi connectivity index (χ2v) is 5.08. The number of hydrogen-bond acceptors (Lipinski definition) is 3. The first kappa shape index (κ1) is 15.9. The van der Waals surface area contributed by atoms with E-state index in [4.69, 9.17) is 0 Å². The molecule has 6 nitrogen and oxygen atoms in total. The van der Waals surface area contributed by atoms with E-state index in [9.17, 15) is 18.7 Å². The largest absolute Gasteiger partial charge is 0.386 e. The number of amides is 2. The minimum absolute atomic E-state index is 0.351. The van der Waals surface area contributed by atoms with Crippen LogP contribution in [0.2, 0.25) is 0 Å². The number of hydrogen-bond donors (Lipinski definition) is 3. The summed E-state index contributed by atoms with van der Waals surface area (Å²) in [6.07, 6.45) is -0.0755. The first-order chi connectivity index (χ1) is 11.6. The molecule has 2 aromatic carbocycles. The fraction of sp³-hybridized carbons (Fsp3) is 0.125. The molecule has 0 saturated carbocycles. The lowest BCUT2D eigenvalue weighted by Gasteiger charge is -2.14. The zero-order chi connectivity index (χ0) is 17.1. The van der Waals surface area contributed by atoms with Crippen molar-refractivity contribution in [1.29, 1.82) is 0 Å². The fourth-order valence-electron chi connectivity index (χ4n) is 2.32. The van der Waals surface area contributed by atoms with Gasteiger partial charge >= 0.3 is 6.03 Å². The normalized spacial score (nSPS) is 12.1. The second-order valence-electron chi connectivity index (χ2n) is 5.08. The van der Waals surface area contributed by atoms with E-state index in [2.05, 4.69) is 15.7 Å². The van der Waals surface area contributed by atoms with Crippen LogP contribution in [0.15, 0.2) is 48.8 Å². The summed E-state index contributed by atoms with van der Waals surface area (Å²) >= 11 is 0. The maximum absolute atomic E-state index is 13.6. The van der Waals surface area contributed by atoms with E-state index in [1.165, 1.54) is 17.1 Å². The highest BCUT2D eigenvalue weighted by molar-refractivity contribution is 5.85. The molecule has 124 valence electrons. The number of nitrogens with zero attached hydrogens (tertiary/aromatic N) is 2. The van der Waals surface area contributed by atoms with Crippen LogP contribution in [0.25, 0.3) is 11.0 Å². The van der Waals surface area contributed by atoms with Crippen molar-refractivity contribution < 1.29 is 18.7 Å². The summed E-state index contributed by atoms with van der Waals surface area (Å²) in [6.45, 7) is -0.351. The molecular formula is C16H14F2N4O2. The summed E-state index contributed by atoms with van der Waals surface area (Å²) in [4.78, 5) is 16.0. The minimum Gasteiger partial charge on any atom is -0.386 e. The third-order valence-electron chi connectivity index (χ3n) is 3.46. The van der Waals surface area contributed by atoms with Gasteiger partial charge in [-0.1, -0.05) is 18.2 Å². The molecule has 1 atom stereocenters. The van der Waals surface area contributed by atoms with Gasteiger partial charge in [0.15, 0.2) is 0 Å². The summed E-state index contributed by atoms with van der Waals surface area (Å²) in [7, 11) is 0. The SMILES string of the molecule is O=C(NCC(O)c1c(F)cccc1F)Nn1cnc2ccccc21. The van der Waals surface area contributed by atoms with Gasteiger partial charge in [-0.25, -0.2) is 28.7 Å². The molecule has 3 aromatic rings. The van der Waals surface area contributed by atoms with Crippen LogP contribution in [-0.2, 0) is 0 Å². The molecule has 3 rings (SSSR count). The van der Waals surface area contributed by atoms with Gasteiger partial charge in [0.05, 0.1) is 16.6 Å². The number of aromatic nitrogens is 2. The first-order valence-electron chi connectivity index (χ1n) is 7.15. The number of aliphatic hydroxyl groups excluding tert-OH is 1. The highest BCUT2D eigenvalue weighted by Gasteiger charge is 2.18. The molecule has 0 fully saturated rings. The molecule has 0 saturated heterocycles. The Morgan fingerprint density at radius 2 is 1.88 bits per heavy atom. The second kappa shape index (κ2) is 6.63. The number of benzene rings is 2. The predicted molar refractivity (Wildman–Crippen MR) is 83.8 cm³/mol. The van der Waals surface area contributed by atoms with Crippen molar-refractivity contribution in [1.82, 2.24) is 15.0 Å². The van der Waals surface area contributed by atoms with Crippen molar-refractivity contribution in [3.63, 3.8) is 0 Å². The average molecular weight is 332 g/mol. The Balaban J connectivity index is 1.63. The van der Waals surface area contributed by atoms with Crippen LogP contribution in [0.4, 0.5) is 13.6 Å². The van der Waals surface area contributed by atoms with Gasteiger partial charge in [0.2, 0.25) is 0 Å². The molecule has 0 bridgehead atoms. The first-order valence-corrected chi connectivity index (χ1v) is 7.15. The van der Waals surface area contributed by atoms with Crippen LogP contribution in [0.3, 0.4) is 0 Å². The van der Waals surface area contributed by atoms with Crippen LogP contribution in [-0.4, -0.2) is 27.3 Å². The molecule has 0 spiro atoms. The molecular weight excluding hydrogens is 318 g/mol. The standard InChI is InChI=1S/C16H14F2N4O2/c17-10-4-3-5-11(18)15(10)14(23)8-19-16(24)21-22-9-20-12-6-1-2-7-13(12)22/h1-7,9,14,23H,8H2,(H2,19,21,24). The molecule has 1 unspecified atom stereocenters. The van der Waals surface area contributed by atoms with E-state index < -0.39 is 29.3 Å².